The van der Waals surface area contributed by atoms with Gasteiger partial charge < -0.3 is 23.9 Å². The molecule has 1 heterocycles. The first-order chi connectivity index (χ1) is 15.5. The Balaban J connectivity index is 1.58. The number of unbranched alkanes of at least 4 members (excludes halogenated alkanes) is 1. The third-order valence-electron chi connectivity index (χ3n) is 4.96. The molecular weight excluding hydrogens is 410 g/mol. The Kier molecular flexibility index (Phi) is 8.08. The summed E-state index contributed by atoms with van der Waals surface area (Å²) in [7, 11) is 3.15. The summed E-state index contributed by atoms with van der Waals surface area (Å²) >= 11 is 0. The van der Waals surface area contributed by atoms with E-state index < -0.39 is 5.91 Å². The van der Waals surface area contributed by atoms with Gasteiger partial charge in [-0.15, -0.1) is 10.2 Å². The minimum absolute atomic E-state index is 0.0770. The molecule has 32 heavy (non-hydrogen) atoms. The van der Waals surface area contributed by atoms with Crippen molar-refractivity contribution < 1.29 is 23.4 Å². The average molecular weight is 440 g/mol. The molecule has 0 spiro atoms. The van der Waals surface area contributed by atoms with Crippen molar-refractivity contribution in [1.82, 2.24) is 15.5 Å². The minimum atomic E-state index is -0.424. The summed E-state index contributed by atoms with van der Waals surface area (Å²) in [5, 5.41) is 10.8. The van der Waals surface area contributed by atoms with Crippen molar-refractivity contribution in [3.05, 3.63) is 65.4 Å². The molecule has 0 aliphatic heterocycles. The molecule has 3 aromatic rings. The van der Waals surface area contributed by atoms with E-state index in [1.54, 1.807) is 20.3 Å². The number of methoxy groups -OCH3 is 2. The monoisotopic (exact) mass is 439 g/mol. The molecule has 1 N–H and O–H groups in total. The molecular formula is C24H29N3O5. The summed E-state index contributed by atoms with van der Waals surface area (Å²) in [6, 6.07) is 13.0. The van der Waals surface area contributed by atoms with Gasteiger partial charge in [0.1, 0.15) is 5.75 Å². The maximum atomic E-state index is 12.6. The average Bonchev–Trinajstić information content (AvgIpc) is 3.28. The predicted molar refractivity (Wildman–Crippen MR) is 119 cm³/mol. The van der Waals surface area contributed by atoms with Crippen molar-refractivity contribution >= 4 is 5.91 Å². The maximum Gasteiger partial charge on any atom is 0.309 e. The van der Waals surface area contributed by atoms with Gasteiger partial charge in [-0.25, -0.2) is 0 Å². The topological polar surface area (TPSA) is 95.7 Å². The van der Waals surface area contributed by atoms with Crippen LogP contribution in [0.3, 0.4) is 0 Å². The zero-order valence-electron chi connectivity index (χ0n) is 18.9. The van der Waals surface area contributed by atoms with Crippen LogP contribution in [0.1, 0.15) is 60.4 Å². The molecule has 8 heteroatoms. The third kappa shape index (κ3) is 6.00. The normalized spacial score (nSPS) is 11.6. The SMILES string of the molecule is CCCCOc1ccc(C(C)NC(=O)c2nnc(Cc3ccc(OC)c(OC)c3)o2)cc1. The Morgan fingerprint density at radius 1 is 1.06 bits per heavy atom. The highest BCUT2D eigenvalue weighted by Gasteiger charge is 2.18. The number of nitrogens with zero attached hydrogens (tertiary/aromatic N) is 2. The first-order valence-corrected chi connectivity index (χ1v) is 10.6. The molecule has 1 amide bonds. The van der Waals surface area contributed by atoms with E-state index in [1.165, 1.54) is 0 Å². The van der Waals surface area contributed by atoms with Crippen LogP contribution in [-0.4, -0.2) is 36.9 Å². The van der Waals surface area contributed by atoms with Gasteiger partial charge in [-0.2, -0.15) is 0 Å². The molecule has 0 fully saturated rings. The molecule has 3 rings (SSSR count). The highest BCUT2D eigenvalue weighted by atomic mass is 16.5. The number of rotatable bonds is 11. The fraction of sp³-hybridized carbons (Fsp3) is 0.375. The van der Waals surface area contributed by atoms with Crippen LogP contribution in [0.2, 0.25) is 0 Å². The minimum Gasteiger partial charge on any atom is -0.494 e. The molecule has 1 unspecified atom stereocenters. The van der Waals surface area contributed by atoms with Crippen LogP contribution in [0.4, 0.5) is 0 Å². The largest absolute Gasteiger partial charge is 0.494 e. The van der Waals surface area contributed by atoms with Gasteiger partial charge in [-0.3, -0.25) is 4.79 Å². The summed E-state index contributed by atoms with van der Waals surface area (Å²) < 4.78 is 21.8. The maximum absolute atomic E-state index is 12.6. The second kappa shape index (κ2) is 11.2. The number of hydrogen-bond donors (Lipinski definition) is 1. The van der Waals surface area contributed by atoms with Crippen molar-refractivity contribution in [3.63, 3.8) is 0 Å². The number of nitrogens with one attached hydrogen (secondary N) is 1. The van der Waals surface area contributed by atoms with Gasteiger partial charge in [0.15, 0.2) is 11.5 Å². The van der Waals surface area contributed by atoms with E-state index in [-0.39, 0.29) is 11.9 Å². The van der Waals surface area contributed by atoms with Crippen molar-refractivity contribution in [2.24, 2.45) is 0 Å². The molecule has 170 valence electrons. The van der Waals surface area contributed by atoms with Crippen molar-refractivity contribution in [3.8, 4) is 17.2 Å². The summed E-state index contributed by atoms with van der Waals surface area (Å²) in [5.74, 6) is 1.90. The second-order valence-electron chi connectivity index (χ2n) is 7.33. The Hall–Kier alpha value is -3.55. The van der Waals surface area contributed by atoms with Gasteiger partial charge in [-0.1, -0.05) is 31.5 Å². The Morgan fingerprint density at radius 3 is 2.50 bits per heavy atom. The first kappa shape index (κ1) is 23.1. The number of aromatic nitrogens is 2. The lowest BCUT2D eigenvalue weighted by Gasteiger charge is -2.13. The lowest BCUT2D eigenvalue weighted by atomic mass is 10.1. The molecule has 0 radical (unpaired) electrons. The Morgan fingerprint density at radius 2 is 1.81 bits per heavy atom. The summed E-state index contributed by atoms with van der Waals surface area (Å²) in [5.41, 5.74) is 1.85. The van der Waals surface area contributed by atoms with E-state index in [1.807, 2.05) is 43.3 Å². The lowest BCUT2D eigenvalue weighted by Crippen LogP contribution is -2.26. The van der Waals surface area contributed by atoms with E-state index >= 15 is 0 Å². The van der Waals surface area contributed by atoms with Crippen molar-refractivity contribution in [2.45, 2.75) is 39.2 Å². The molecule has 1 atom stereocenters. The molecule has 0 aliphatic carbocycles. The van der Waals surface area contributed by atoms with E-state index in [4.69, 9.17) is 18.6 Å². The Bertz CT molecular complexity index is 1020. The first-order valence-electron chi connectivity index (χ1n) is 10.6. The van der Waals surface area contributed by atoms with Crippen LogP contribution in [0.25, 0.3) is 0 Å². The van der Waals surface area contributed by atoms with Gasteiger partial charge in [0.2, 0.25) is 5.89 Å². The number of hydrogen-bond acceptors (Lipinski definition) is 7. The van der Waals surface area contributed by atoms with Gasteiger partial charge in [-0.05, 0) is 48.7 Å². The van der Waals surface area contributed by atoms with E-state index in [9.17, 15) is 4.79 Å². The van der Waals surface area contributed by atoms with Gasteiger partial charge in [0, 0.05) is 0 Å². The van der Waals surface area contributed by atoms with E-state index in [0.717, 1.165) is 29.7 Å². The third-order valence-corrected chi connectivity index (χ3v) is 4.96. The quantitative estimate of drug-likeness (QED) is 0.444. The van der Waals surface area contributed by atoms with Crippen LogP contribution in [-0.2, 0) is 6.42 Å². The fourth-order valence-electron chi connectivity index (χ4n) is 3.11. The van der Waals surface area contributed by atoms with E-state index in [2.05, 4.69) is 22.4 Å². The zero-order chi connectivity index (χ0) is 22.9. The highest BCUT2D eigenvalue weighted by molar-refractivity contribution is 5.89. The van der Waals surface area contributed by atoms with Gasteiger partial charge in [0.25, 0.3) is 0 Å². The van der Waals surface area contributed by atoms with E-state index in [0.29, 0.717) is 30.4 Å². The standard InChI is InChI=1S/C24H29N3O5/c1-5-6-13-31-19-10-8-18(9-11-19)16(2)25-23(28)24-27-26-22(32-24)15-17-7-12-20(29-3)21(14-17)30-4/h7-12,14,16H,5-6,13,15H2,1-4H3,(H,25,28). The van der Waals surface area contributed by atoms with Crippen LogP contribution >= 0.6 is 0 Å². The summed E-state index contributed by atoms with van der Waals surface area (Å²) in [6.45, 7) is 4.72. The number of carbonyl (C=O) groups excluding carboxylic acids is 1. The van der Waals surface area contributed by atoms with Gasteiger partial charge in [0.05, 0.1) is 33.3 Å². The van der Waals surface area contributed by atoms with Crippen LogP contribution < -0.4 is 19.5 Å². The number of benzene rings is 2. The lowest BCUT2D eigenvalue weighted by molar-refractivity contribution is 0.0903. The molecule has 0 aliphatic rings. The zero-order valence-corrected chi connectivity index (χ0v) is 18.9. The summed E-state index contributed by atoms with van der Waals surface area (Å²) in [6.07, 6.45) is 2.48. The second-order valence-corrected chi connectivity index (χ2v) is 7.33. The number of ether oxygens (including phenoxy) is 3. The van der Waals surface area contributed by atoms with Crippen LogP contribution in [0.5, 0.6) is 17.2 Å². The van der Waals surface area contributed by atoms with Gasteiger partial charge >= 0.3 is 11.8 Å². The number of carbonyl (C=O) groups is 1. The summed E-state index contributed by atoms with van der Waals surface area (Å²) in [4.78, 5) is 12.6. The van der Waals surface area contributed by atoms with Crippen LogP contribution in [0, 0.1) is 0 Å². The molecule has 8 nitrogen and oxygen atoms in total. The molecule has 0 saturated carbocycles. The van der Waals surface area contributed by atoms with Crippen LogP contribution in [0.15, 0.2) is 46.9 Å². The molecule has 1 aromatic heterocycles. The fourth-order valence-corrected chi connectivity index (χ4v) is 3.11. The highest BCUT2D eigenvalue weighted by Crippen LogP contribution is 2.28. The smallest absolute Gasteiger partial charge is 0.309 e. The number of amides is 1. The molecule has 0 bridgehead atoms. The molecule has 0 saturated heterocycles. The predicted octanol–water partition coefficient (Wildman–Crippen LogP) is 4.35. The molecule has 2 aromatic carbocycles. The van der Waals surface area contributed by atoms with Crippen molar-refractivity contribution in [2.75, 3.05) is 20.8 Å². The Labute approximate surface area is 187 Å². The van der Waals surface area contributed by atoms with Crippen molar-refractivity contribution in [1.29, 1.82) is 0 Å².